The highest BCUT2D eigenvalue weighted by molar-refractivity contribution is 6.06. The molecule has 1 aromatic heterocycles. The van der Waals surface area contributed by atoms with Crippen LogP contribution in [0, 0.1) is 5.82 Å². The van der Waals surface area contributed by atoms with Crippen molar-refractivity contribution < 1.29 is 14.0 Å². The van der Waals surface area contributed by atoms with Crippen LogP contribution < -0.4 is 15.6 Å². The molecule has 1 aliphatic heterocycles. The molecule has 5 rings (SSSR count). The number of pyridine rings is 1. The third kappa shape index (κ3) is 4.40. The van der Waals surface area contributed by atoms with Gasteiger partial charge in [-0.3, -0.25) is 14.4 Å². The Bertz CT molecular complexity index is 1370. The summed E-state index contributed by atoms with van der Waals surface area (Å²) < 4.78 is 17.2. The number of piperazine rings is 1. The van der Waals surface area contributed by atoms with Crippen molar-refractivity contribution in [3.63, 3.8) is 0 Å². The maximum absolute atomic E-state index is 15.3. The number of benzene rings is 2. The van der Waals surface area contributed by atoms with Gasteiger partial charge in [-0.05, 0) is 43.0 Å². The Kier molecular flexibility index (Phi) is 6.05. The number of amides is 2. The molecule has 2 aliphatic rings. The molecule has 0 radical (unpaired) electrons. The van der Waals surface area contributed by atoms with Crippen LogP contribution >= 0.6 is 0 Å². The number of fused-ring (bicyclic) bond motifs is 1. The number of nitrogens with zero attached hydrogens (tertiary/aromatic N) is 3. The molecular weight excluding hydrogens is 447 g/mol. The molecule has 8 heteroatoms. The largest absolute Gasteiger partial charge is 0.366 e. The van der Waals surface area contributed by atoms with Gasteiger partial charge in [0.25, 0.3) is 5.91 Å². The zero-order chi connectivity index (χ0) is 24.7. The van der Waals surface area contributed by atoms with Gasteiger partial charge in [0.2, 0.25) is 11.3 Å². The molecule has 1 N–H and O–H groups in total. The quantitative estimate of drug-likeness (QED) is 0.605. The summed E-state index contributed by atoms with van der Waals surface area (Å²) >= 11 is 0. The second-order valence-electron chi connectivity index (χ2n) is 9.29. The first kappa shape index (κ1) is 23.1. The molecule has 0 atom stereocenters. The average molecular weight is 477 g/mol. The van der Waals surface area contributed by atoms with E-state index < -0.39 is 17.2 Å². The number of hydrogen-bond acceptors (Lipinski definition) is 4. The van der Waals surface area contributed by atoms with Crippen molar-refractivity contribution in [3.8, 4) is 0 Å². The normalized spacial score (nSPS) is 16.0. The van der Waals surface area contributed by atoms with Crippen molar-refractivity contribution in [1.82, 2.24) is 9.47 Å². The number of anilines is 2. The van der Waals surface area contributed by atoms with Gasteiger partial charge < -0.3 is 19.7 Å². The highest BCUT2D eigenvalue weighted by atomic mass is 19.1. The number of aromatic nitrogens is 1. The Balaban J connectivity index is 1.53. The molecule has 1 saturated carbocycles. The highest BCUT2D eigenvalue weighted by Gasteiger charge is 2.29. The first-order chi connectivity index (χ1) is 16.9. The fraction of sp³-hybridized carbons (Fsp3) is 0.370. The van der Waals surface area contributed by atoms with E-state index in [2.05, 4.69) is 5.32 Å². The molecule has 3 aromatic rings. The number of aryl methyl sites for hydroxylation is 1. The van der Waals surface area contributed by atoms with Gasteiger partial charge in [-0.25, -0.2) is 4.39 Å². The summed E-state index contributed by atoms with van der Waals surface area (Å²) in [4.78, 5) is 41.8. The molecule has 1 saturated heterocycles. The van der Waals surface area contributed by atoms with E-state index in [-0.39, 0.29) is 22.9 Å². The van der Waals surface area contributed by atoms with E-state index in [1.807, 2.05) is 40.7 Å². The van der Waals surface area contributed by atoms with Gasteiger partial charge in [0.05, 0.1) is 11.2 Å². The summed E-state index contributed by atoms with van der Waals surface area (Å²) in [5.41, 5.74) is 2.23. The number of nitrogens with one attached hydrogen (secondary N) is 1. The zero-order valence-electron chi connectivity index (χ0n) is 20.0. The van der Waals surface area contributed by atoms with Crippen molar-refractivity contribution >= 4 is 34.1 Å². The predicted molar refractivity (Wildman–Crippen MR) is 135 cm³/mol. The van der Waals surface area contributed by atoms with Gasteiger partial charge in [0, 0.05) is 56.4 Å². The molecule has 7 nitrogen and oxygen atoms in total. The number of carbonyl (C=O) groups excluding carboxylic acids is 2. The Labute approximate surface area is 203 Å². The lowest BCUT2D eigenvalue weighted by molar-refractivity contribution is -0.129. The second-order valence-corrected chi connectivity index (χ2v) is 9.29. The fourth-order valence-corrected chi connectivity index (χ4v) is 4.82. The summed E-state index contributed by atoms with van der Waals surface area (Å²) in [6.07, 6.45) is 4.26. The topological polar surface area (TPSA) is 74.7 Å². The van der Waals surface area contributed by atoms with Crippen LogP contribution in [0.5, 0.6) is 0 Å². The first-order valence-electron chi connectivity index (χ1n) is 12.2. The summed E-state index contributed by atoms with van der Waals surface area (Å²) in [5, 5.41) is 3.08. The van der Waals surface area contributed by atoms with Gasteiger partial charge in [-0.1, -0.05) is 25.1 Å². The van der Waals surface area contributed by atoms with E-state index in [9.17, 15) is 14.4 Å². The van der Waals surface area contributed by atoms with E-state index in [1.54, 1.807) is 17.2 Å². The fourth-order valence-electron chi connectivity index (χ4n) is 4.82. The monoisotopic (exact) mass is 476 g/mol. The van der Waals surface area contributed by atoms with E-state index in [0.717, 1.165) is 24.8 Å². The summed E-state index contributed by atoms with van der Waals surface area (Å²) in [5.74, 6) is -0.974. The number of hydrogen-bond donors (Lipinski definition) is 1. The van der Waals surface area contributed by atoms with Crippen LogP contribution in [0.2, 0.25) is 0 Å². The Morgan fingerprint density at radius 3 is 2.46 bits per heavy atom. The van der Waals surface area contributed by atoms with Crippen LogP contribution in [0.3, 0.4) is 0 Å². The lowest BCUT2D eigenvalue weighted by atomic mass is 10.1. The molecule has 182 valence electrons. The number of carbonyl (C=O) groups is 2. The van der Waals surface area contributed by atoms with Crippen LogP contribution in [0.25, 0.3) is 10.9 Å². The van der Waals surface area contributed by atoms with Crippen molar-refractivity contribution in [3.05, 3.63) is 69.8 Å². The van der Waals surface area contributed by atoms with Crippen LogP contribution in [0.4, 0.5) is 15.8 Å². The van der Waals surface area contributed by atoms with Gasteiger partial charge >= 0.3 is 0 Å². The van der Waals surface area contributed by atoms with Crippen molar-refractivity contribution in [2.45, 2.75) is 39.2 Å². The van der Waals surface area contributed by atoms with E-state index in [1.165, 1.54) is 13.0 Å². The summed E-state index contributed by atoms with van der Waals surface area (Å²) in [6, 6.07) is 10.7. The highest BCUT2D eigenvalue weighted by Crippen LogP contribution is 2.38. The molecule has 2 heterocycles. The minimum atomic E-state index is -0.498. The number of rotatable bonds is 5. The number of halogens is 1. The standard InChI is InChI=1S/C27H29FN4O3/c1-3-18-6-4-5-7-23(18)29-27(35)21-16-32(19-8-9-19)24-15-25(22(28)14-20(24)26(21)34)31-12-10-30(11-13-31)17(2)33/h4-7,14-16,19H,3,8-13H2,1-2H3,(H,29,35). The van der Waals surface area contributed by atoms with Gasteiger partial charge in [-0.2, -0.15) is 0 Å². The third-order valence-electron chi connectivity index (χ3n) is 7.00. The maximum Gasteiger partial charge on any atom is 0.261 e. The molecular formula is C27H29FN4O3. The molecule has 0 spiro atoms. The van der Waals surface area contributed by atoms with Crippen molar-refractivity contribution in [2.24, 2.45) is 0 Å². The summed E-state index contributed by atoms with van der Waals surface area (Å²) in [6.45, 7) is 5.64. The van der Waals surface area contributed by atoms with Crippen molar-refractivity contribution in [1.29, 1.82) is 0 Å². The number of para-hydroxylation sites is 1. The Morgan fingerprint density at radius 2 is 1.80 bits per heavy atom. The van der Waals surface area contributed by atoms with Gasteiger partial charge in [-0.15, -0.1) is 0 Å². The minimum Gasteiger partial charge on any atom is -0.366 e. The molecule has 0 unspecified atom stereocenters. The molecule has 2 fully saturated rings. The van der Waals surface area contributed by atoms with Crippen molar-refractivity contribution in [2.75, 3.05) is 36.4 Å². The summed E-state index contributed by atoms with van der Waals surface area (Å²) in [7, 11) is 0. The second kappa shape index (κ2) is 9.17. The van der Waals surface area contributed by atoms with Crippen LogP contribution in [0.1, 0.15) is 48.7 Å². The molecule has 2 amide bonds. The molecule has 2 aromatic carbocycles. The lowest BCUT2D eigenvalue weighted by Crippen LogP contribution is -2.48. The molecule has 1 aliphatic carbocycles. The first-order valence-corrected chi connectivity index (χ1v) is 12.2. The third-order valence-corrected chi connectivity index (χ3v) is 7.00. The van der Waals surface area contributed by atoms with E-state index in [4.69, 9.17) is 0 Å². The Hall–Kier alpha value is -3.68. The minimum absolute atomic E-state index is 0.0116. The zero-order valence-corrected chi connectivity index (χ0v) is 20.0. The van der Waals surface area contributed by atoms with Crippen LogP contribution in [0.15, 0.2) is 47.4 Å². The SMILES string of the molecule is CCc1ccccc1NC(=O)c1cn(C2CC2)c2cc(N3CCN(C(C)=O)CC3)c(F)cc2c1=O. The molecule has 35 heavy (non-hydrogen) atoms. The van der Waals surface area contributed by atoms with Crippen LogP contribution in [-0.4, -0.2) is 47.5 Å². The van der Waals surface area contributed by atoms with Gasteiger partial charge in [0.15, 0.2) is 0 Å². The van der Waals surface area contributed by atoms with Gasteiger partial charge in [0.1, 0.15) is 11.4 Å². The predicted octanol–water partition coefficient (Wildman–Crippen LogP) is 3.96. The van der Waals surface area contributed by atoms with E-state index in [0.29, 0.717) is 43.1 Å². The Morgan fingerprint density at radius 1 is 1.09 bits per heavy atom. The van der Waals surface area contributed by atoms with Crippen LogP contribution in [-0.2, 0) is 11.2 Å². The van der Waals surface area contributed by atoms with E-state index >= 15 is 4.39 Å². The molecule has 0 bridgehead atoms. The maximum atomic E-state index is 15.3. The lowest BCUT2D eigenvalue weighted by Gasteiger charge is -2.36. The smallest absolute Gasteiger partial charge is 0.261 e. The average Bonchev–Trinajstić information content (AvgIpc) is 3.70.